The van der Waals surface area contributed by atoms with Crippen LogP contribution >= 0.6 is 0 Å². The van der Waals surface area contributed by atoms with Crippen molar-refractivity contribution in [2.45, 2.75) is 154 Å². The third-order valence-corrected chi connectivity index (χ3v) is 10.1. The summed E-state index contributed by atoms with van der Waals surface area (Å²) in [5, 5.41) is 4.96. The van der Waals surface area contributed by atoms with Crippen LogP contribution in [-0.2, 0) is 0 Å². The first-order valence-corrected chi connectivity index (χ1v) is 15.9. The normalized spacial score (nSPS) is 11.9. The first kappa shape index (κ1) is 28.5. The van der Waals surface area contributed by atoms with E-state index in [1.807, 2.05) is 0 Å². The molecule has 0 aliphatic heterocycles. The van der Waals surface area contributed by atoms with Crippen LogP contribution in [0.5, 0.6) is 0 Å². The van der Waals surface area contributed by atoms with E-state index in [4.69, 9.17) is 0 Å². The second kappa shape index (κ2) is 20.8. The fourth-order valence-corrected chi connectivity index (χ4v) is 7.91. The lowest BCUT2D eigenvalue weighted by atomic mass is 10.0. The average Bonchev–Trinajstić information content (AvgIpc) is 2.62. The summed E-state index contributed by atoms with van der Waals surface area (Å²) < 4.78 is 0. The standard InChI is InChI=1S/3C9H19.Al/c3*1-4-5-6-7-8-9(2)3;/h3*9H,1,4-8H2,2-3H3;. The molecule has 0 saturated carbocycles. The highest BCUT2D eigenvalue weighted by molar-refractivity contribution is 6.58. The highest BCUT2D eigenvalue weighted by atomic mass is 27.2. The van der Waals surface area contributed by atoms with Gasteiger partial charge in [-0.2, -0.15) is 0 Å². The van der Waals surface area contributed by atoms with Gasteiger partial charge in [-0.05, 0) is 17.8 Å². The van der Waals surface area contributed by atoms with E-state index < -0.39 is 14.1 Å². The van der Waals surface area contributed by atoms with Gasteiger partial charge in [0, 0.05) is 0 Å². The molecule has 0 N–H and O–H groups in total. The van der Waals surface area contributed by atoms with Crippen molar-refractivity contribution in [2.24, 2.45) is 17.8 Å². The van der Waals surface area contributed by atoms with Crippen molar-refractivity contribution in [3.05, 3.63) is 0 Å². The van der Waals surface area contributed by atoms with Crippen LogP contribution in [0.1, 0.15) is 138 Å². The fourth-order valence-electron chi connectivity index (χ4n) is 4.45. The zero-order chi connectivity index (χ0) is 21.0. The minimum absolute atomic E-state index is 0.448. The van der Waals surface area contributed by atoms with Gasteiger partial charge in [-0.3, -0.25) is 0 Å². The molecule has 0 aromatic carbocycles. The molecule has 0 atom stereocenters. The van der Waals surface area contributed by atoms with E-state index in [2.05, 4.69) is 41.5 Å². The van der Waals surface area contributed by atoms with Gasteiger partial charge in [0.25, 0.3) is 14.1 Å². The van der Waals surface area contributed by atoms with Crippen LogP contribution in [0, 0.1) is 17.8 Å². The van der Waals surface area contributed by atoms with E-state index in [0.29, 0.717) is 0 Å². The molecule has 168 valence electrons. The summed E-state index contributed by atoms with van der Waals surface area (Å²) in [5.41, 5.74) is 0. The summed E-state index contributed by atoms with van der Waals surface area (Å²) in [4.78, 5) is 0. The highest BCUT2D eigenvalue weighted by Crippen LogP contribution is 2.21. The Morgan fingerprint density at radius 3 is 0.857 bits per heavy atom. The lowest BCUT2D eigenvalue weighted by Crippen LogP contribution is -2.12. The van der Waals surface area contributed by atoms with Gasteiger partial charge >= 0.3 is 0 Å². The van der Waals surface area contributed by atoms with Crippen LogP contribution in [-0.4, -0.2) is 14.1 Å². The van der Waals surface area contributed by atoms with Crippen molar-refractivity contribution in [3.63, 3.8) is 0 Å². The Morgan fingerprint density at radius 1 is 0.357 bits per heavy atom. The Bertz CT molecular complexity index is 247. The predicted octanol–water partition coefficient (Wildman–Crippen LogP) is 10.3. The Balaban J connectivity index is 3.89. The largest absolute Gasteiger partial charge is 0.261 e. The molecule has 0 bridgehead atoms. The van der Waals surface area contributed by atoms with Crippen molar-refractivity contribution in [3.8, 4) is 0 Å². The maximum Gasteiger partial charge on any atom is 0.261 e. The van der Waals surface area contributed by atoms with Crippen molar-refractivity contribution in [1.29, 1.82) is 0 Å². The molecule has 0 fully saturated rings. The molecule has 0 nitrogen and oxygen atoms in total. The summed E-state index contributed by atoms with van der Waals surface area (Å²) in [5.74, 6) is 2.69. The maximum absolute atomic E-state index is 2.37. The number of rotatable bonds is 21. The SMILES string of the molecule is CC(C)CCCCC[CH2][Al]([CH2]CCCCCC(C)C)[CH2]CCCCCC(C)C. The third-order valence-electron chi connectivity index (χ3n) is 6.43. The summed E-state index contributed by atoms with van der Waals surface area (Å²) in [6.07, 6.45) is 22.4. The zero-order valence-electron chi connectivity index (χ0n) is 21.0. The van der Waals surface area contributed by atoms with Gasteiger partial charge in [0.2, 0.25) is 0 Å². The molecule has 0 aliphatic rings. The number of hydrogen-bond acceptors (Lipinski definition) is 0. The van der Waals surface area contributed by atoms with Crippen molar-refractivity contribution in [2.75, 3.05) is 0 Å². The summed E-state index contributed by atoms with van der Waals surface area (Å²) in [7, 11) is 0. The van der Waals surface area contributed by atoms with Gasteiger partial charge in [0.05, 0.1) is 0 Å². The van der Waals surface area contributed by atoms with E-state index in [1.165, 1.54) is 77.0 Å². The topological polar surface area (TPSA) is 0 Å². The molecule has 0 aromatic rings. The molecule has 0 unspecified atom stereocenters. The maximum atomic E-state index is 2.37. The van der Waals surface area contributed by atoms with Gasteiger partial charge in [-0.25, -0.2) is 0 Å². The molecular weight excluding hydrogens is 351 g/mol. The van der Waals surface area contributed by atoms with Crippen LogP contribution in [0.2, 0.25) is 15.8 Å². The molecule has 0 spiro atoms. The third kappa shape index (κ3) is 22.8. The van der Waals surface area contributed by atoms with E-state index in [1.54, 1.807) is 35.1 Å². The molecule has 0 radical (unpaired) electrons. The fraction of sp³-hybridized carbons (Fsp3) is 1.00. The first-order valence-electron chi connectivity index (χ1n) is 13.4. The molecule has 1 heteroatoms. The van der Waals surface area contributed by atoms with Gasteiger partial charge < -0.3 is 0 Å². The van der Waals surface area contributed by atoms with Crippen molar-refractivity contribution >= 4 is 14.1 Å². The van der Waals surface area contributed by atoms with E-state index in [0.717, 1.165) is 17.8 Å². The van der Waals surface area contributed by atoms with E-state index in [9.17, 15) is 0 Å². The van der Waals surface area contributed by atoms with Crippen molar-refractivity contribution < 1.29 is 0 Å². The Hall–Kier alpha value is 0.532. The minimum Gasteiger partial charge on any atom is -0.0939 e. The number of hydrogen-bond donors (Lipinski definition) is 0. The van der Waals surface area contributed by atoms with Crippen LogP contribution < -0.4 is 0 Å². The highest BCUT2D eigenvalue weighted by Gasteiger charge is 2.15. The molecule has 0 heterocycles. The van der Waals surface area contributed by atoms with Crippen LogP contribution in [0.3, 0.4) is 0 Å². The molecular formula is C27H57Al. The van der Waals surface area contributed by atoms with Crippen LogP contribution in [0.15, 0.2) is 0 Å². The quantitative estimate of drug-likeness (QED) is 0.131. The van der Waals surface area contributed by atoms with Gasteiger partial charge in [-0.15, -0.1) is 0 Å². The smallest absolute Gasteiger partial charge is 0.0939 e. The zero-order valence-corrected chi connectivity index (χ0v) is 22.2. The predicted molar refractivity (Wildman–Crippen MR) is 134 cm³/mol. The number of unbranched alkanes of at least 4 members (excludes halogenated alkanes) is 9. The summed E-state index contributed by atoms with van der Waals surface area (Å²) in [6, 6.07) is 0. The van der Waals surface area contributed by atoms with Crippen LogP contribution in [0.4, 0.5) is 0 Å². The first-order chi connectivity index (χ1) is 13.4. The second-order valence-corrected chi connectivity index (χ2v) is 14.5. The Labute approximate surface area is 185 Å². The molecule has 0 amide bonds. The molecule has 0 aliphatic carbocycles. The summed E-state index contributed by atoms with van der Waals surface area (Å²) >= 11 is -0.448. The molecule has 0 rings (SSSR count). The van der Waals surface area contributed by atoms with Crippen LogP contribution in [0.25, 0.3) is 0 Å². The summed E-state index contributed by atoms with van der Waals surface area (Å²) in [6.45, 7) is 14.2. The van der Waals surface area contributed by atoms with Gasteiger partial charge in [0.1, 0.15) is 0 Å². The average molecular weight is 409 g/mol. The van der Waals surface area contributed by atoms with E-state index in [-0.39, 0.29) is 0 Å². The Morgan fingerprint density at radius 2 is 0.607 bits per heavy atom. The van der Waals surface area contributed by atoms with Crippen molar-refractivity contribution in [1.82, 2.24) is 0 Å². The van der Waals surface area contributed by atoms with Gasteiger partial charge in [0.15, 0.2) is 0 Å². The second-order valence-electron chi connectivity index (χ2n) is 11.0. The molecule has 0 aromatic heterocycles. The Kier molecular flexibility index (Phi) is 21.2. The lowest BCUT2D eigenvalue weighted by Gasteiger charge is -2.13. The monoisotopic (exact) mass is 408 g/mol. The minimum atomic E-state index is -0.448. The lowest BCUT2D eigenvalue weighted by molar-refractivity contribution is 0.521. The molecule has 0 saturated heterocycles. The molecule has 28 heavy (non-hydrogen) atoms. The van der Waals surface area contributed by atoms with E-state index >= 15 is 0 Å². The van der Waals surface area contributed by atoms with Gasteiger partial charge in [-0.1, -0.05) is 154 Å².